The van der Waals surface area contributed by atoms with Gasteiger partial charge < -0.3 is 9.84 Å². The molecule has 222 valence electrons. The third kappa shape index (κ3) is 12.6. The van der Waals surface area contributed by atoms with Crippen LogP contribution in [0, 0.1) is 0 Å². The Morgan fingerprint density at radius 2 is 1.68 bits per heavy atom. The number of alkyl halides is 3. The number of nitrogens with one attached hydrogen (secondary N) is 1. The molecular formula is C28H37F3N2O5S2. The molecule has 2 aromatic rings. The highest BCUT2D eigenvalue weighted by Crippen LogP contribution is 2.29. The first-order chi connectivity index (χ1) is 19.0. The van der Waals surface area contributed by atoms with Crippen molar-refractivity contribution in [1.82, 2.24) is 4.98 Å². The number of rotatable bonds is 19. The van der Waals surface area contributed by atoms with E-state index in [1.165, 1.54) is 85.7 Å². The van der Waals surface area contributed by atoms with Crippen LogP contribution < -0.4 is 9.46 Å². The summed E-state index contributed by atoms with van der Waals surface area (Å²) in [5, 5.41) is 9.04. The Morgan fingerprint density at radius 1 is 1.02 bits per heavy atom. The number of carbonyl (C=O) groups is 1. The highest BCUT2D eigenvalue weighted by Gasteiger charge is 2.46. The van der Waals surface area contributed by atoms with Gasteiger partial charge in [-0.05, 0) is 42.8 Å². The van der Waals surface area contributed by atoms with Crippen LogP contribution in [-0.2, 0) is 20.6 Å². The minimum atomic E-state index is -5.52. The third-order valence-electron chi connectivity index (χ3n) is 5.86. The fraction of sp³-hybridized carbons (Fsp3) is 0.500. The van der Waals surface area contributed by atoms with Crippen LogP contribution in [0.3, 0.4) is 0 Å². The van der Waals surface area contributed by atoms with Gasteiger partial charge in [-0.1, -0.05) is 70.8 Å². The summed E-state index contributed by atoms with van der Waals surface area (Å²) in [5.74, 6) is -0.353. The van der Waals surface area contributed by atoms with Crippen molar-refractivity contribution in [2.45, 2.75) is 87.3 Å². The molecule has 0 fully saturated rings. The number of anilines is 1. The SMILES string of the molecule is CCCCCCCCCCCCOc1ccc(CSc2cccc(NS(=O)(=O)C(F)(F)F)c2)nc1C=CC(=O)O. The predicted octanol–water partition coefficient (Wildman–Crippen LogP) is 8.03. The maximum atomic E-state index is 12.7. The lowest BCUT2D eigenvalue weighted by atomic mass is 10.1. The van der Waals surface area contributed by atoms with Crippen molar-refractivity contribution in [3.8, 4) is 5.75 Å². The summed E-state index contributed by atoms with van der Waals surface area (Å²) in [6.45, 7) is 2.70. The molecule has 1 aromatic carbocycles. The van der Waals surface area contributed by atoms with Gasteiger partial charge in [-0.2, -0.15) is 21.6 Å². The van der Waals surface area contributed by atoms with Gasteiger partial charge in [0.15, 0.2) is 0 Å². The van der Waals surface area contributed by atoms with Crippen LogP contribution in [0.1, 0.15) is 82.5 Å². The van der Waals surface area contributed by atoms with Crippen molar-refractivity contribution in [1.29, 1.82) is 0 Å². The molecule has 0 aliphatic heterocycles. The Labute approximate surface area is 238 Å². The summed E-state index contributed by atoms with van der Waals surface area (Å²) in [5.41, 5.74) is -4.69. The van der Waals surface area contributed by atoms with E-state index in [-0.39, 0.29) is 5.69 Å². The molecular weight excluding hydrogens is 565 g/mol. The van der Waals surface area contributed by atoms with Gasteiger partial charge in [0, 0.05) is 22.4 Å². The van der Waals surface area contributed by atoms with E-state index in [0.29, 0.717) is 34.4 Å². The number of aromatic nitrogens is 1. The second-order valence-electron chi connectivity index (χ2n) is 9.26. The molecule has 1 aromatic heterocycles. The van der Waals surface area contributed by atoms with Crippen LogP contribution in [0.5, 0.6) is 5.75 Å². The van der Waals surface area contributed by atoms with Gasteiger partial charge in [-0.25, -0.2) is 9.78 Å². The van der Waals surface area contributed by atoms with Crippen LogP contribution in [0.25, 0.3) is 6.08 Å². The number of benzene rings is 1. The molecule has 0 atom stereocenters. The lowest BCUT2D eigenvalue weighted by molar-refractivity contribution is -0.131. The number of sulfonamides is 1. The average Bonchev–Trinajstić information content (AvgIpc) is 2.89. The molecule has 0 unspecified atom stereocenters. The first kappa shape index (κ1) is 33.5. The Bertz CT molecular complexity index is 1200. The summed E-state index contributed by atoms with van der Waals surface area (Å²) >= 11 is 1.24. The number of thioether (sulfide) groups is 1. The van der Waals surface area contributed by atoms with Crippen LogP contribution in [0.2, 0.25) is 0 Å². The minimum absolute atomic E-state index is 0.212. The molecule has 0 amide bonds. The van der Waals surface area contributed by atoms with Crippen LogP contribution in [-0.4, -0.2) is 36.6 Å². The lowest BCUT2D eigenvalue weighted by Gasteiger charge is -2.12. The molecule has 40 heavy (non-hydrogen) atoms. The van der Waals surface area contributed by atoms with Crippen molar-refractivity contribution in [2.75, 3.05) is 11.3 Å². The van der Waals surface area contributed by atoms with Crippen LogP contribution >= 0.6 is 11.8 Å². The number of nitrogens with zero attached hydrogens (tertiary/aromatic N) is 1. The highest BCUT2D eigenvalue weighted by molar-refractivity contribution is 7.98. The standard InChI is InChI=1S/C28H37F3N2O5S2/c1-2-3-4-5-6-7-8-9-10-11-19-38-26-17-15-23(32-25(26)16-18-27(34)35)21-39-24-14-12-13-22(20-24)33-40(36,37)28(29,30)31/h12-18,20,33H,2-11,19,21H2,1H3,(H,34,35). The summed E-state index contributed by atoms with van der Waals surface area (Å²) < 4.78 is 68.1. The van der Waals surface area contributed by atoms with E-state index in [1.54, 1.807) is 18.2 Å². The molecule has 0 aliphatic carbocycles. The Morgan fingerprint density at radius 3 is 2.30 bits per heavy atom. The molecule has 0 saturated carbocycles. The Kier molecular flexibility index (Phi) is 14.4. The normalized spacial score (nSPS) is 12.1. The van der Waals surface area contributed by atoms with Crippen LogP contribution in [0.15, 0.2) is 47.4 Å². The van der Waals surface area contributed by atoms with Crippen LogP contribution in [0.4, 0.5) is 18.9 Å². The van der Waals surface area contributed by atoms with Crippen molar-refractivity contribution >= 4 is 39.5 Å². The van der Waals surface area contributed by atoms with E-state index < -0.39 is 21.5 Å². The highest BCUT2D eigenvalue weighted by atomic mass is 32.2. The third-order valence-corrected chi connectivity index (χ3v) is 8.00. The number of pyridine rings is 1. The number of hydrogen-bond donors (Lipinski definition) is 2. The zero-order chi connectivity index (χ0) is 29.4. The number of halogens is 3. The minimum Gasteiger partial charge on any atom is -0.491 e. The number of ether oxygens (including phenoxy) is 1. The van der Waals surface area contributed by atoms with E-state index in [1.807, 2.05) is 0 Å². The number of unbranched alkanes of at least 4 members (excludes halogenated alkanes) is 9. The monoisotopic (exact) mass is 602 g/mol. The van der Waals surface area contributed by atoms with E-state index in [4.69, 9.17) is 9.84 Å². The van der Waals surface area contributed by atoms with Gasteiger partial charge in [0.25, 0.3) is 0 Å². The average molecular weight is 603 g/mol. The van der Waals surface area contributed by atoms with E-state index >= 15 is 0 Å². The maximum absolute atomic E-state index is 12.7. The molecule has 12 heteroatoms. The summed E-state index contributed by atoms with van der Waals surface area (Å²) in [6, 6.07) is 9.04. The molecule has 2 N–H and O–H groups in total. The number of aliphatic carboxylic acids is 1. The molecule has 0 bridgehead atoms. The summed E-state index contributed by atoms with van der Waals surface area (Å²) in [4.78, 5) is 16.1. The summed E-state index contributed by atoms with van der Waals surface area (Å²) in [6.07, 6.45) is 14.4. The Hall–Kier alpha value is -2.73. The predicted molar refractivity (Wildman–Crippen MR) is 153 cm³/mol. The lowest BCUT2D eigenvalue weighted by Crippen LogP contribution is -2.29. The van der Waals surface area contributed by atoms with E-state index in [9.17, 15) is 26.4 Å². The first-order valence-corrected chi connectivity index (χ1v) is 15.8. The number of carboxylic acids is 1. The van der Waals surface area contributed by atoms with Gasteiger partial charge >= 0.3 is 21.5 Å². The number of carboxylic acid groups (broad SMARTS) is 1. The van der Waals surface area contributed by atoms with Crippen molar-refractivity contribution in [3.63, 3.8) is 0 Å². The molecule has 7 nitrogen and oxygen atoms in total. The quantitative estimate of drug-likeness (QED) is 0.0952. The summed E-state index contributed by atoms with van der Waals surface area (Å²) in [7, 11) is -5.52. The van der Waals surface area contributed by atoms with Gasteiger partial charge in [0.05, 0.1) is 12.3 Å². The maximum Gasteiger partial charge on any atom is 0.516 e. The fourth-order valence-electron chi connectivity index (χ4n) is 3.77. The zero-order valence-corrected chi connectivity index (χ0v) is 24.2. The van der Waals surface area contributed by atoms with Gasteiger partial charge in [0.2, 0.25) is 0 Å². The number of hydrogen-bond acceptors (Lipinski definition) is 6. The second-order valence-corrected chi connectivity index (χ2v) is 12.0. The largest absolute Gasteiger partial charge is 0.516 e. The molecule has 0 radical (unpaired) electrons. The molecule has 0 aliphatic rings. The van der Waals surface area contributed by atoms with Crippen molar-refractivity contribution in [3.05, 3.63) is 53.9 Å². The van der Waals surface area contributed by atoms with E-state index in [0.717, 1.165) is 25.3 Å². The molecule has 2 rings (SSSR count). The fourth-order valence-corrected chi connectivity index (χ4v) is 5.18. The van der Waals surface area contributed by atoms with Gasteiger partial charge in [-0.3, -0.25) is 4.72 Å². The Balaban J connectivity index is 1.91. The second kappa shape index (κ2) is 17.2. The topological polar surface area (TPSA) is 106 Å². The molecule has 0 saturated heterocycles. The van der Waals surface area contributed by atoms with Crippen molar-refractivity contribution in [2.24, 2.45) is 0 Å². The van der Waals surface area contributed by atoms with Gasteiger partial charge in [-0.15, -0.1) is 11.8 Å². The molecule has 1 heterocycles. The smallest absolute Gasteiger partial charge is 0.491 e. The first-order valence-electron chi connectivity index (χ1n) is 13.4. The van der Waals surface area contributed by atoms with Gasteiger partial charge in [0.1, 0.15) is 11.4 Å². The van der Waals surface area contributed by atoms with E-state index in [2.05, 4.69) is 11.9 Å². The van der Waals surface area contributed by atoms with Crippen molar-refractivity contribution < 1.29 is 36.2 Å². The molecule has 0 spiro atoms. The zero-order valence-electron chi connectivity index (χ0n) is 22.6.